The summed E-state index contributed by atoms with van der Waals surface area (Å²) in [5, 5.41) is 19.2. The van der Waals surface area contributed by atoms with Crippen molar-refractivity contribution < 1.29 is 42.4 Å². The fraction of sp³-hybridized carbons (Fsp3) is 0.714. The van der Waals surface area contributed by atoms with Gasteiger partial charge in [0.25, 0.3) is 11.8 Å². The van der Waals surface area contributed by atoms with Gasteiger partial charge in [0.1, 0.15) is 6.10 Å². The van der Waals surface area contributed by atoms with E-state index in [1.165, 1.54) is 11.8 Å². The minimum absolute atomic E-state index is 0.0411. The highest BCUT2D eigenvalue weighted by atomic mass is 32.2. The number of aliphatic hydroxyl groups excluding tert-OH is 1. The maximum absolute atomic E-state index is 12.7. The van der Waals surface area contributed by atoms with E-state index in [0.29, 0.717) is 24.3 Å². The number of aliphatic hydroxyl groups is 1. The Labute approximate surface area is 164 Å². The predicted octanol–water partition coefficient (Wildman–Crippen LogP) is -0.941. The molecule has 28 heavy (non-hydrogen) atoms. The van der Waals surface area contributed by atoms with Crippen LogP contribution < -0.4 is 0 Å². The van der Waals surface area contributed by atoms with Gasteiger partial charge in [-0.1, -0.05) is 6.42 Å². The molecule has 0 bridgehead atoms. The first-order valence-electron chi connectivity index (χ1n) is 8.52. The molecule has 0 aromatic heterocycles. The van der Waals surface area contributed by atoms with E-state index in [1.807, 2.05) is 0 Å². The van der Waals surface area contributed by atoms with Gasteiger partial charge in [0.05, 0.1) is 18.5 Å². The van der Waals surface area contributed by atoms with Gasteiger partial charge < -0.3 is 10.2 Å². The molecule has 3 aliphatic heterocycles. The third-order valence-corrected chi connectivity index (χ3v) is 7.32. The van der Waals surface area contributed by atoms with Crippen molar-refractivity contribution in [1.29, 1.82) is 0 Å². The van der Waals surface area contributed by atoms with E-state index in [0.717, 1.165) is 5.01 Å². The summed E-state index contributed by atoms with van der Waals surface area (Å²) in [6.45, 7) is 0. The number of nitrogens with zero attached hydrogens (tertiary/aromatic N) is 3. The second kappa shape index (κ2) is 7.50. The quantitative estimate of drug-likeness (QED) is 0.195. The van der Waals surface area contributed by atoms with E-state index in [2.05, 4.69) is 0 Å². The van der Waals surface area contributed by atoms with Crippen molar-refractivity contribution in [2.45, 2.75) is 55.5 Å². The van der Waals surface area contributed by atoms with Crippen LogP contribution in [0.25, 0.3) is 0 Å². The molecule has 3 aliphatic rings. The first kappa shape index (κ1) is 20.8. The highest BCUT2D eigenvalue weighted by molar-refractivity contribution is 8.00. The summed E-state index contributed by atoms with van der Waals surface area (Å²) in [6.07, 6.45) is -0.920. The van der Waals surface area contributed by atoms with Gasteiger partial charge >= 0.3 is 22.3 Å². The zero-order valence-electron chi connectivity index (χ0n) is 14.5. The smallest absolute Gasteiger partial charge is 0.364 e. The van der Waals surface area contributed by atoms with Crippen molar-refractivity contribution in [3.8, 4) is 0 Å². The fourth-order valence-corrected chi connectivity index (χ4v) is 6.29. The van der Waals surface area contributed by atoms with E-state index >= 15 is 0 Å². The molecule has 3 rings (SSSR count). The molecule has 0 aromatic carbocycles. The number of hydrazine groups is 1. The Bertz CT molecular complexity index is 817. The number of thioether (sulfide) groups is 1. The molecule has 12 nitrogen and oxygen atoms in total. The van der Waals surface area contributed by atoms with E-state index in [-0.39, 0.29) is 21.7 Å². The molecule has 156 valence electrons. The Morgan fingerprint density at radius 1 is 1.21 bits per heavy atom. The Balaban J connectivity index is 1.88. The van der Waals surface area contributed by atoms with Crippen molar-refractivity contribution in [3.05, 3.63) is 0 Å². The number of amides is 4. The number of hydrogen-bond acceptors (Lipinski definition) is 8. The molecule has 3 fully saturated rings. The summed E-state index contributed by atoms with van der Waals surface area (Å²) < 4.78 is 33.2. The lowest BCUT2D eigenvalue weighted by molar-refractivity contribution is -0.156. The van der Waals surface area contributed by atoms with Crippen LogP contribution >= 0.6 is 11.8 Å². The Morgan fingerprint density at radius 3 is 2.43 bits per heavy atom. The number of imide groups is 1. The third-order valence-electron chi connectivity index (χ3n) is 4.92. The van der Waals surface area contributed by atoms with Gasteiger partial charge in [-0.15, -0.1) is 0 Å². The van der Waals surface area contributed by atoms with Crippen LogP contribution in [0.1, 0.15) is 32.1 Å². The lowest BCUT2D eigenvalue weighted by Gasteiger charge is -2.32. The summed E-state index contributed by atoms with van der Waals surface area (Å²) in [5.41, 5.74) is 0. The summed E-state index contributed by atoms with van der Waals surface area (Å²) in [5.74, 6) is -2.68. The molecular weight excluding hydrogens is 418 g/mol. The van der Waals surface area contributed by atoms with Gasteiger partial charge in [-0.25, -0.2) is 9.80 Å². The fourth-order valence-electron chi connectivity index (χ4n) is 3.76. The van der Waals surface area contributed by atoms with Crippen LogP contribution in [0.2, 0.25) is 0 Å². The molecule has 3 heterocycles. The van der Waals surface area contributed by atoms with Gasteiger partial charge in [-0.3, -0.25) is 18.9 Å². The van der Waals surface area contributed by atoms with Crippen LogP contribution in [0.15, 0.2) is 0 Å². The Kier molecular flexibility index (Phi) is 5.58. The lowest BCUT2D eigenvalue weighted by Crippen LogP contribution is -2.54. The van der Waals surface area contributed by atoms with E-state index in [9.17, 15) is 37.3 Å². The molecule has 0 aromatic rings. The predicted molar refractivity (Wildman–Crippen MR) is 93.0 cm³/mol. The van der Waals surface area contributed by atoms with Crippen LogP contribution in [0.5, 0.6) is 0 Å². The number of carboxylic acids is 1. The molecule has 3 saturated heterocycles. The number of aliphatic carboxylic acids is 1. The normalized spacial score (nSPS) is 30.5. The number of unbranched alkanes of at least 4 members (excludes halogenated alkanes) is 1. The number of hydrogen-bond donors (Lipinski definition) is 3. The topological polar surface area (TPSA) is 173 Å². The SMILES string of the molecule is O=C(O)CCCC[C@H]1SC[C@@H]2[C@H]1N(N1C(=O)CC(O)C1=O)C(=O)N2S(=O)(=O)O. The van der Waals surface area contributed by atoms with E-state index in [1.54, 1.807) is 0 Å². The third kappa shape index (κ3) is 3.56. The highest BCUT2D eigenvalue weighted by Crippen LogP contribution is 2.44. The van der Waals surface area contributed by atoms with Gasteiger partial charge in [0.2, 0.25) is 0 Å². The zero-order chi connectivity index (χ0) is 20.8. The van der Waals surface area contributed by atoms with Gasteiger partial charge in [-0.2, -0.15) is 29.5 Å². The molecule has 0 spiro atoms. The van der Waals surface area contributed by atoms with Crippen molar-refractivity contribution in [2.24, 2.45) is 0 Å². The summed E-state index contributed by atoms with van der Waals surface area (Å²) in [6, 6.07) is -3.12. The minimum Gasteiger partial charge on any atom is -0.481 e. The Hall–Kier alpha value is -1.90. The number of carboxylic acid groups (broad SMARTS) is 1. The van der Waals surface area contributed by atoms with Crippen LogP contribution in [-0.4, -0.2) is 90.5 Å². The van der Waals surface area contributed by atoms with Gasteiger partial charge in [0, 0.05) is 17.4 Å². The minimum atomic E-state index is -4.94. The van der Waals surface area contributed by atoms with Crippen molar-refractivity contribution >= 4 is 45.9 Å². The van der Waals surface area contributed by atoms with E-state index < -0.39 is 58.7 Å². The van der Waals surface area contributed by atoms with Gasteiger partial charge in [-0.05, 0) is 12.8 Å². The molecule has 3 N–H and O–H groups in total. The average Bonchev–Trinajstić information content (AvgIpc) is 3.16. The van der Waals surface area contributed by atoms with Crippen molar-refractivity contribution in [3.63, 3.8) is 0 Å². The molecular formula is C14H19N3O9S2. The molecule has 0 radical (unpaired) electrons. The largest absolute Gasteiger partial charge is 0.481 e. The highest BCUT2D eigenvalue weighted by Gasteiger charge is 2.61. The number of carbonyl (C=O) groups excluding carboxylic acids is 3. The second-order valence-corrected chi connectivity index (χ2v) is 9.29. The van der Waals surface area contributed by atoms with Gasteiger partial charge in [0.15, 0.2) is 0 Å². The monoisotopic (exact) mass is 437 g/mol. The summed E-state index contributed by atoms with van der Waals surface area (Å²) >= 11 is 1.31. The first-order valence-corrected chi connectivity index (χ1v) is 11.0. The molecule has 4 atom stereocenters. The van der Waals surface area contributed by atoms with Crippen molar-refractivity contribution in [2.75, 3.05) is 5.75 Å². The van der Waals surface area contributed by atoms with Crippen LogP contribution in [0, 0.1) is 0 Å². The molecule has 0 saturated carbocycles. The number of fused-ring (bicyclic) bond motifs is 1. The zero-order valence-corrected chi connectivity index (χ0v) is 16.1. The summed E-state index contributed by atoms with van der Waals surface area (Å²) in [7, 11) is -4.94. The lowest BCUT2D eigenvalue weighted by atomic mass is 10.0. The maximum atomic E-state index is 12.7. The van der Waals surface area contributed by atoms with Crippen LogP contribution in [0.4, 0.5) is 4.79 Å². The molecule has 14 heteroatoms. The first-order chi connectivity index (χ1) is 13.0. The maximum Gasteiger partial charge on any atom is 0.364 e. The number of carbonyl (C=O) groups is 4. The molecule has 1 unspecified atom stereocenters. The van der Waals surface area contributed by atoms with Crippen molar-refractivity contribution in [1.82, 2.24) is 14.3 Å². The number of rotatable bonds is 7. The Morgan fingerprint density at radius 2 is 1.89 bits per heavy atom. The van der Waals surface area contributed by atoms with E-state index in [4.69, 9.17) is 5.11 Å². The molecule has 4 amide bonds. The van der Waals surface area contributed by atoms with Crippen LogP contribution in [0.3, 0.4) is 0 Å². The second-order valence-electron chi connectivity index (χ2n) is 6.73. The molecule has 0 aliphatic carbocycles. The number of urea groups is 1. The standard InChI is InChI=1S/C14H19N3O9S2/c18-8-5-10(19)15(13(8)22)16-12-7(17(14(16)23)28(24,25)26)6-27-9(12)3-1-2-4-11(20)21/h7-9,12,18H,1-6H2,(H,20,21)(H,24,25,26)/t7-,8?,9-,12-/m1/s1. The van der Waals surface area contributed by atoms with Crippen LogP contribution in [-0.2, 0) is 24.7 Å². The summed E-state index contributed by atoms with van der Waals surface area (Å²) in [4.78, 5) is 47.7. The average molecular weight is 437 g/mol.